The summed E-state index contributed by atoms with van der Waals surface area (Å²) in [6.45, 7) is 2.97. The first kappa shape index (κ1) is 14.8. The maximum absolute atomic E-state index is 12.5. The molecule has 0 radical (unpaired) electrons. The molecule has 0 bridgehead atoms. The Labute approximate surface area is 135 Å². The first-order valence-corrected chi connectivity index (χ1v) is 8.39. The van der Waals surface area contributed by atoms with E-state index >= 15 is 0 Å². The number of benzene rings is 1. The zero-order valence-electron chi connectivity index (χ0n) is 12.6. The van der Waals surface area contributed by atoms with Crippen molar-refractivity contribution >= 4 is 17.2 Å². The van der Waals surface area contributed by atoms with Gasteiger partial charge in [0.25, 0.3) is 5.91 Å². The van der Waals surface area contributed by atoms with E-state index in [4.69, 9.17) is 0 Å². The van der Waals surface area contributed by atoms with E-state index in [1.807, 2.05) is 35.2 Å². The van der Waals surface area contributed by atoms with Gasteiger partial charge in [0.15, 0.2) is 5.01 Å². The minimum Gasteiger partial charge on any atom is -0.335 e. The number of likely N-dealkylation sites (tertiary alicyclic amines) is 1. The van der Waals surface area contributed by atoms with Crippen LogP contribution in [0.3, 0.4) is 0 Å². The zero-order chi connectivity index (χ0) is 15.4. The molecule has 0 spiro atoms. The fraction of sp³-hybridized carbons (Fsp3) is 0.333. The Hall–Kier alpha value is -2.12. The van der Waals surface area contributed by atoms with Crippen LogP contribution in [-0.2, 0) is 0 Å². The van der Waals surface area contributed by atoms with Gasteiger partial charge in [-0.2, -0.15) is 0 Å². The zero-order valence-corrected chi connectivity index (χ0v) is 13.4. The molecule has 22 heavy (non-hydrogen) atoms. The highest BCUT2D eigenvalue weighted by atomic mass is 32.1. The lowest BCUT2D eigenvalue weighted by Gasteiger charge is -2.32. The first-order chi connectivity index (χ1) is 10.7. The van der Waals surface area contributed by atoms with Crippen molar-refractivity contribution < 1.29 is 4.79 Å². The fourth-order valence-electron chi connectivity index (χ4n) is 2.62. The molecule has 3 nitrogen and oxygen atoms in total. The number of aromatic nitrogens is 1. The Morgan fingerprint density at radius 3 is 2.86 bits per heavy atom. The Balaban J connectivity index is 1.74. The van der Waals surface area contributed by atoms with Crippen molar-refractivity contribution in [3.63, 3.8) is 0 Å². The van der Waals surface area contributed by atoms with Crippen LogP contribution in [0.25, 0.3) is 0 Å². The number of rotatable bonds is 1. The van der Waals surface area contributed by atoms with Crippen LogP contribution in [-0.4, -0.2) is 28.4 Å². The topological polar surface area (TPSA) is 33.2 Å². The van der Waals surface area contributed by atoms with Gasteiger partial charge in [-0.05, 0) is 44.2 Å². The molecule has 1 unspecified atom stereocenters. The van der Waals surface area contributed by atoms with E-state index < -0.39 is 0 Å². The number of thiazole rings is 1. The molecule has 1 fully saturated rings. The van der Waals surface area contributed by atoms with E-state index in [1.54, 1.807) is 6.20 Å². The van der Waals surface area contributed by atoms with Gasteiger partial charge in [0.2, 0.25) is 0 Å². The van der Waals surface area contributed by atoms with Crippen molar-refractivity contribution in [1.29, 1.82) is 0 Å². The lowest BCUT2D eigenvalue weighted by molar-refractivity contribution is 0.0640. The van der Waals surface area contributed by atoms with E-state index in [0.717, 1.165) is 24.9 Å². The Kier molecular flexibility index (Phi) is 4.55. The molecule has 0 aliphatic carbocycles. The molecular weight excluding hydrogens is 292 g/mol. The molecule has 1 aromatic carbocycles. The summed E-state index contributed by atoms with van der Waals surface area (Å²) in [5, 5.41) is 0.692. The van der Waals surface area contributed by atoms with E-state index in [9.17, 15) is 4.79 Å². The molecule has 0 N–H and O–H groups in total. The highest BCUT2D eigenvalue weighted by Crippen LogP contribution is 2.21. The molecule has 1 aromatic heterocycles. The molecule has 1 amide bonds. The number of carbonyl (C=O) groups excluding carboxylic acids is 1. The Bertz CT molecular complexity index is 711. The molecule has 3 rings (SSSR count). The number of nitrogens with zero attached hydrogens (tertiary/aromatic N) is 2. The normalized spacial score (nSPS) is 17.7. The van der Waals surface area contributed by atoms with Crippen LogP contribution in [0.4, 0.5) is 0 Å². The van der Waals surface area contributed by atoms with E-state index in [1.165, 1.54) is 17.8 Å². The van der Waals surface area contributed by atoms with Crippen LogP contribution in [0.1, 0.15) is 46.4 Å². The standard InChI is InChI=1S/C18H18N2OS/c1-14-7-5-6-12-20(14)18(21)16-13-19-17(22-16)11-10-15-8-3-2-4-9-15/h2-4,8-9,13-14H,5-7,12H2,1H3. The third-order valence-electron chi connectivity index (χ3n) is 3.87. The van der Waals surface area contributed by atoms with E-state index in [-0.39, 0.29) is 5.91 Å². The van der Waals surface area contributed by atoms with Gasteiger partial charge in [0.05, 0.1) is 6.20 Å². The van der Waals surface area contributed by atoms with Crippen LogP contribution in [0, 0.1) is 11.8 Å². The average Bonchev–Trinajstić information content (AvgIpc) is 3.03. The second-order valence-electron chi connectivity index (χ2n) is 5.49. The Morgan fingerprint density at radius 1 is 1.27 bits per heavy atom. The monoisotopic (exact) mass is 310 g/mol. The van der Waals surface area contributed by atoms with Crippen LogP contribution in [0.5, 0.6) is 0 Å². The number of hydrogen-bond acceptors (Lipinski definition) is 3. The predicted octanol–water partition coefficient (Wildman–Crippen LogP) is 3.56. The van der Waals surface area contributed by atoms with Crippen LogP contribution in [0.15, 0.2) is 36.5 Å². The van der Waals surface area contributed by atoms with Gasteiger partial charge in [-0.25, -0.2) is 4.98 Å². The summed E-state index contributed by atoms with van der Waals surface area (Å²) in [5.41, 5.74) is 0.954. The molecule has 2 heterocycles. The smallest absolute Gasteiger partial charge is 0.265 e. The van der Waals surface area contributed by atoms with Crippen molar-refractivity contribution in [2.75, 3.05) is 6.54 Å². The van der Waals surface area contributed by atoms with Crippen LogP contribution < -0.4 is 0 Å². The summed E-state index contributed by atoms with van der Waals surface area (Å²) in [6.07, 6.45) is 5.05. The molecule has 4 heteroatoms. The third-order valence-corrected chi connectivity index (χ3v) is 4.77. The van der Waals surface area contributed by atoms with Crippen LogP contribution in [0.2, 0.25) is 0 Å². The quantitative estimate of drug-likeness (QED) is 0.755. The second kappa shape index (κ2) is 6.76. The summed E-state index contributed by atoms with van der Waals surface area (Å²) in [7, 11) is 0. The molecule has 1 aliphatic rings. The van der Waals surface area contributed by atoms with Crippen molar-refractivity contribution in [3.05, 3.63) is 52.0 Å². The number of piperidine rings is 1. The van der Waals surface area contributed by atoms with Crippen molar-refractivity contribution in [2.45, 2.75) is 32.2 Å². The van der Waals surface area contributed by atoms with Gasteiger partial charge in [-0.3, -0.25) is 4.79 Å². The molecule has 2 aromatic rings. The lowest BCUT2D eigenvalue weighted by atomic mass is 10.0. The van der Waals surface area contributed by atoms with Gasteiger partial charge in [0.1, 0.15) is 4.88 Å². The summed E-state index contributed by atoms with van der Waals surface area (Å²) in [6, 6.07) is 10.1. The lowest BCUT2D eigenvalue weighted by Crippen LogP contribution is -2.41. The van der Waals surface area contributed by atoms with Crippen molar-refractivity contribution in [1.82, 2.24) is 9.88 Å². The minimum atomic E-state index is 0.0949. The first-order valence-electron chi connectivity index (χ1n) is 7.58. The van der Waals surface area contributed by atoms with Crippen molar-refractivity contribution in [3.8, 4) is 11.8 Å². The number of amides is 1. The third kappa shape index (κ3) is 3.37. The SMILES string of the molecule is CC1CCCCN1C(=O)c1cnc(C#Cc2ccccc2)s1. The molecular formula is C18H18N2OS. The summed E-state index contributed by atoms with van der Waals surface area (Å²) in [4.78, 5) is 19.5. The summed E-state index contributed by atoms with van der Waals surface area (Å²) in [5.74, 6) is 6.21. The van der Waals surface area contributed by atoms with Crippen molar-refractivity contribution in [2.24, 2.45) is 0 Å². The number of hydrogen-bond donors (Lipinski definition) is 0. The summed E-state index contributed by atoms with van der Waals surface area (Å²) >= 11 is 1.38. The van der Waals surface area contributed by atoms with Gasteiger partial charge >= 0.3 is 0 Å². The maximum atomic E-state index is 12.5. The van der Waals surface area contributed by atoms with E-state index in [0.29, 0.717) is 15.9 Å². The minimum absolute atomic E-state index is 0.0949. The largest absolute Gasteiger partial charge is 0.335 e. The fourth-order valence-corrected chi connectivity index (χ4v) is 3.35. The maximum Gasteiger partial charge on any atom is 0.265 e. The second-order valence-corrected chi connectivity index (χ2v) is 6.52. The Morgan fingerprint density at radius 2 is 2.09 bits per heavy atom. The van der Waals surface area contributed by atoms with Gasteiger partial charge in [-0.1, -0.05) is 24.1 Å². The molecule has 1 aliphatic heterocycles. The van der Waals surface area contributed by atoms with Gasteiger partial charge in [0, 0.05) is 18.2 Å². The van der Waals surface area contributed by atoms with E-state index in [2.05, 4.69) is 23.7 Å². The predicted molar refractivity (Wildman–Crippen MR) is 88.9 cm³/mol. The van der Waals surface area contributed by atoms with Gasteiger partial charge < -0.3 is 4.90 Å². The molecule has 1 saturated heterocycles. The average molecular weight is 310 g/mol. The summed E-state index contributed by atoms with van der Waals surface area (Å²) < 4.78 is 0. The molecule has 1 atom stereocenters. The van der Waals surface area contributed by atoms with Crippen LogP contribution >= 0.6 is 11.3 Å². The number of carbonyl (C=O) groups is 1. The highest BCUT2D eigenvalue weighted by Gasteiger charge is 2.25. The molecule has 0 saturated carbocycles. The van der Waals surface area contributed by atoms with Gasteiger partial charge in [-0.15, -0.1) is 11.3 Å². The highest BCUT2D eigenvalue weighted by molar-refractivity contribution is 7.14. The molecule has 112 valence electrons.